The lowest BCUT2D eigenvalue weighted by Crippen LogP contribution is -2.61. The standard InChI is InChI=1S/C37H44N2O2/c1-21-9-10-34(3)11-13-37(6)31-17-25(26-20-39-28-8-7-23(19-38)16-24(26)28)32-22(2)33(41)29(40)18-27(32)35(31,4)12-14-36(37,5)30(34)15-21/h7-8,16-18,20-21,25,30,39-41H,9-15H2,1-6H3/t21-,25?,30+,34+,35-,36-,37+/m0/s1. The molecule has 0 amide bonds. The van der Waals surface area contributed by atoms with Crippen molar-refractivity contribution in [2.24, 2.45) is 28.1 Å². The highest BCUT2D eigenvalue weighted by molar-refractivity contribution is 5.86. The van der Waals surface area contributed by atoms with E-state index in [0.29, 0.717) is 16.9 Å². The number of hydrogen-bond acceptors (Lipinski definition) is 3. The van der Waals surface area contributed by atoms with Crippen molar-refractivity contribution in [3.8, 4) is 17.6 Å². The molecule has 7 rings (SSSR count). The molecule has 4 aliphatic rings. The molecule has 0 spiro atoms. The average molecular weight is 549 g/mol. The smallest absolute Gasteiger partial charge is 0.160 e. The average Bonchev–Trinajstić information content (AvgIpc) is 3.37. The highest BCUT2D eigenvalue weighted by Gasteiger charge is 2.65. The molecule has 0 radical (unpaired) electrons. The molecule has 3 saturated carbocycles. The molecule has 3 fully saturated rings. The molecule has 4 heteroatoms. The van der Waals surface area contributed by atoms with Gasteiger partial charge in [-0.2, -0.15) is 5.26 Å². The third-order valence-corrected chi connectivity index (χ3v) is 13.2. The molecule has 0 aliphatic heterocycles. The predicted molar refractivity (Wildman–Crippen MR) is 164 cm³/mol. The molecule has 41 heavy (non-hydrogen) atoms. The Morgan fingerprint density at radius 3 is 2.54 bits per heavy atom. The van der Waals surface area contributed by atoms with Crippen molar-refractivity contribution in [2.45, 2.75) is 97.8 Å². The van der Waals surface area contributed by atoms with Gasteiger partial charge < -0.3 is 15.2 Å². The van der Waals surface area contributed by atoms with E-state index in [1.165, 1.54) is 44.1 Å². The zero-order valence-corrected chi connectivity index (χ0v) is 25.5. The molecule has 0 bridgehead atoms. The first-order valence-electron chi connectivity index (χ1n) is 15.7. The molecule has 1 aromatic heterocycles. The molecule has 4 aliphatic carbocycles. The summed E-state index contributed by atoms with van der Waals surface area (Å²) < 4.78 is 0. The Balaban J connectivity index is 1.49. The van der Waals surface area contributed by atoms with Crippen molar-refractivity contribution < 1.29 is 10.2 Å². The van der Waals surface area contributed by atoms with Crippen molar-refractivity contribution in [1.29, 1.82) is 5.26 Å². The maximum atomic E-state index is 11.0. The number of benzene rings is 2. The molecule has 7 atom stereocenters. The molecule has 3 aromatic rings. The van der Waals surface area contributed by atoms with E-state index < -0.39 is 0 Å². The van der Waals surface area contributed by atoms with E-state index in [-0.39, 0.29) is 33.7 Å². The van der Waals surface area contributed by atoms with Gasteiger partial charge in [0.1, 0.15) is 0 Å². The van der Waals surface area contributed by atoms with Crippen LogP contribution >= 0.6 is 0 Å². The molecule has 3 N–H and O–H groups in total. The lowest BCUT2D eigenvalue weighted by Gasteiger charge is -2.69. The zero-order valence-electron chi connectivity index (χ0n) is 25.5. The van der Waals surface area contributed by atoms with Crippen LogP contribution < -0.4 is 0 Å². The van der Waals surface area contributed by atoms with Crippen LogP contribution in [0.4, 0.5) is 0 Å². The van der Waals surface area contributed by atoms with Crippen LogP contribution in [0.15, 0.2) is 42.1 Å². The zero-order chi connectivity index (χ0) is 29.1. The van der Waals surface area contributed by atoms with Crippen molar-refractivity contribution in [3.63, 3.8) is 0 Å². The number of nitrogens with zero attached hydrogens (tertiary/aromatic N) is 1. The summed E-state index contributed by atoms with van der Waals surface area (Å²) in [5.74, 6) is 1.34. The molecule has 1 unspecified atom stereocenters. The minimum atomic E-state index is -0.214. The Hall–Kier alpha value is -3.19. The fourth-order valence-electron chi connectivity index (χ4n) is 10.5. The summed E-state index contributed by atoms with van der Waals surface area (Å²) in [5, 5.41) is 32.7. The lowest BCUT2D eigenvalue weighted by atomic mass is 9.35. The first-order valence-corrected chi connectivity index (χ1v) is 15.7. The predicted octanol–water partition coefficient (Wildman–Crippen LogP) is 9.13. The quantitative estimate of drug-likeness (QED) is 0.209. The number of aromatic amines is 1. The van der Waals surface area contributed by atoms with Crippen LogP contribution in [-0.4, -0.2) is 15.2 Å². The monoisotopic (exact) mass is 548 g/mol. The normalized spacial score (nSPS) is 37.8. The maximum Gasteiger partial charge on any atom is 0.160 e. The second kappa shape index (κ2) is 8.43. The van der Waals surface area contributed by atoms with Crippen molar-refractivity contribution in [3.05, 3.63) is 69.9 Å². The summed E-state index contributed by atoms with van der Waals surface area (Å²) >= 11 is 0. The van der Waals surface area contributed by atoms with Gasteiger partial charge >= 0.3 is 0 Å². The largest absolute Gasteiger partial charge is 0.504 e. The van der Waals surface area contributed by atoms with Gasteiger partial charge in [0, 0.05) is 28.4 Å². The number of aromatic hydroxyl groups is 2. The van der Waals surface area contributed by atoms with Gasteiger partial charge in [-0.3, -0.25) is 0 Å². The topological polar surface area (TPSA) is 80.0 Å². The summed E-state index contributed by atoms with van der Waals surface area (Å²) in [6.45, 7) is 14.6. The molecule has 4 nitrogen and oxygen atoms in total. The number of phenolic OH excluding ortho intramolecular Hbond substituents is 2. The van der Waals surface area contributed by atoms with E-state index in [2.05, 4.69) is 57.9 Å². The Kier molecular flexibility index (Phi) is 5.49. The number of hydrogen-bond donors (Lipinski definition) is 3. The Labute approximate surface area is 244 Å². The van der Waals surface area contributed by atoms with E-state index in [0.717, 1.165) is 45.5 Å². The van der Waals surface area contributed by atoms with Gasteiger partial charge in [-0.05, 0) is 120 Å². The summed E-state index contributed by atoms with van der Waals surface area (Å²) in [7, 11) is 0. The lowest BCUT2D eigenvalue weighted by molar-refractivity contribution is -0.145. The van der Waals surface area contributed by atoms with E-state index in [1.807, 2.05) is 31.2 Å². The third kappa shape index (κ3) is 3.33. The van der Waals surface area contributed by atoms with Gasteiger partial charge in [-0.1, -0.05) is 52.7 Å². The Morgan fingerprint density at radius 1 is 1.00 bits per heavy atom. The van der Waals surface area contributed by atoms with E-state index in [4.69, 9.17) is 0 Å². The number of phenols is 2. The summed E-state index contributed by atoms with van der Waals surface area (Å²) in [6, 6.07) is 10.0. The number of H-pyrrole nitrogens is 1. The summed E-state index contributed by atoms with van der Waals surface area (Å²) in [5.41, 5.74) is 7.75. The first-order chi connectivity index (χ1) is 19.4. The van der Waals surface area contributed by atoms with Crippen LogP contribution in [-0.2, 0) is 5.41 Å². The second-order valence-corrected chi connectivity index (χ2v) is 15.2. The van der Waals surface area contributed by atoms with Crippen molar-refractivity contribution >= 4 is 10.9 Å². The Morgan fingerprint density at radius 2 is 1.78 bits per heavy atom. The highest BCUT2D eigenvalue weighted by Crippen LogP contribution is 2.74. The number of nitriles is 1. The minimum Gasteiger partial charge on any atom is -0.504 e. The number of fused-ring (bicyclic) bond motifs is 8. The molecule has 2 aromatic carbocycles. The van der Waals surface area contributed by atoms with Gasteiger partial charge in [-0.25, -0.2) is 0 Å². The van der Waals surface area contributed by atoms with E-state index in [1.54, 1.807) is 0 Å². The van der Waals surface area contributed by atoms with Crippen LogP contribution in [0.5, 0.6) is 11.5 Å². The van der Waals surface area contributed by atoms with Gasteiger partial charge in [0.2, 0.25) is 0 Å². The van der Waals surface area contributed by atoms with E-state index in [9.17, 15) is 15.5 Å². The molecular weight excluding hydrogens is 504 g/mol. The van der Waals surface area contributed by atoms with Gasteiger partial charge in [0.25, 0.3) is 0 Å². The molecule has 214 valence electrons. The first kappa shape index (κ1) is 26.7. The summed E-state index contributed by atoms with van der Waals surface area (Å²) in [4.78, 5) is 3.46. The summed E-state index contributed by atoms with van der Waals surface area (Å²) in [6.07, 6.45) is 13.3. The number of aromatic nitrogens is 1. The number of allylic oxidation sites excluding steroid dienone is 2. The molecule has 0 saturated heterocycles. The van der Waals surface area contributed by atoms with E-state index >= 15 is 0 Å². The second-order valence-electron chi connectivity index (χ2n) is 15.2. The van der Waals surface area contributed by atoms with Crippen molar-refractivity contribution in [1.82, 2.24) is 4.98 Å². The van der Waals surface area contributed by atoms with Crippen LogP contribution in [0.2, 0.25) is 0 Å². The fraction of sp³-hybridized carbons (Fsp3) is 0.541. The van der Waals surface area contributed by atoms with Crippen LogP contribution in [0, 0.1) is 46.3 Å². The minimum absolute atomic E-state index is 0.0241. The van der Waals surface area contributed by atoms with Crippen LogP contribution in [0.1, 0.15) is 113 Å². The molecular formula is C37H44N2O2. The van der Waals surface area contributed by atoms with Gasteiger partial charge in [-0.15, -0.1) is 0 Å². The van der Waals surface area contributed by atoms with Crippen LogP contribution in [0.25, 0.3) is 10.9 Å². The number of nitrogens with one attached hydrogen (secondary N) is 1. The SMILES string of the molecule is Cc1c(O)c(O)cc2c1C(c1c[nH]c3ccc(C#N)cc13)C=C1[C@@]2(C)CC[C@@]2(C)[C@@H]3C[C@@H](C)CC[C@]3(C)CC[C@]12C. The van der Waals surface area contributed by atoms with Crippen LogP contribution in [0.3, 0.4) is 0 Å². The third-order valence-electron chi connectivity index (χ3n) is 13.2. The van der Waals surface area contributed by atoms with Crippen molar-refractivity contribution in [2.75, 3.05) is 0 Å². The van der Waals surface area contributed by atoms with Gasteiger partial charge in [0.15, 0.2) is 11.5 Å². The van der Waals surface area contributed by atoms with Gasteiger partial charge in [0.05, 0.1) is 11.6 Å². The molecule has 1 heterocycles. The maximum absolute atomic E-state index is 11.0. The number of rotatable bonds is 1. The fourth-order valence-corrected chi connectivity index (χ4v) is 10.5. The Bertz CT molecular complexity index is 1670. The highest BCUT2D eigenvalue weighted by atomic mass is 16.3.